The third kappa shape index (κ3) is 3.73. The molecule has 1 atom stereocenters. The van der Waals surface area contributed by atoms with Gasteiger partial charge in [-0.25, -0.2) is 4.39 Å². The number of hydrogen-bond acceptors (Lipinski definition) is 5. The van der Waals surface area contributed by atoms with E-state index in [2.05, 4.69) is 22.0 Å². The first kappa shape index (κ1) is 21.4. The van der Waals surface area contributed by atoms with E-state index in [-0.39, 0.29) is 17.1 Å². The van der Waals surface area contributed by atoms with Crippen LogP contribution in [-0.2, 0) is 10.5 Å². The van der Waals surface area contributed by atoms with E-state index in [0.29, 0.717) is 43.0 Å². The highest BCUT2D eigenvalue weighted by molar-refractivity contribution is 9.10. The first-order valence-corrected chi connectivity index (χ1v) is 11.2. The lowest BCUT2D eigenvalue weighted by Crippen LogP contribution is -2.41. The molecule has 1 unspecified atom stereocenters. The van der Waals surface area contributed by atoms with Gasteiger partial charge < -0.3 is 19.1 Å². The summed E-state index contributed by atoms with van der Waals surface area (Å²) >= 11 is 3.43. The quantitative estimate of drug-likeness (QED) is 0.516. The zero-order valence-electron chi connectivity index (χ0n) is 17.4. The molecule has 2 aliphatic rings. The third-order valence-electron chi connectivity index (χ3n) is 5.70. The van der Waals surface area contributed by atoms with Gasteiger partial charge in [0.1, 0.15) is 11.4 Å². The molecular weight excluding hydrogens is 491 g/mol. The second kappa shape index (κ2) is 8.50. The Labute approximate surface area is 198 Å². The van der Waals surface area contributed by atoms with Crippen LogP contribution >= 0.6 is 15.9 Å². The molecule has 33 heavy (non-hydrogen) atoms. The van der Waals surface area contributed by atoms with Crippen LogP contribution in [0.3, 0.4) is 0 Å². The summed E-state index contributed by atoms with van der Waals surface area (Å²) in [5, 5.41) is 9.19. The van der Waals surface area contributed by atoms with Gasteiger partial charge in [-0.2, -0.15) is 5.26 Å². The number of carbonyl (C=O) groups is 1. The summed E-state index contributed by atoms with van der Waals surface area (Å²) in [4.78, 5) is 14.8. The van der Waals surface area contributed by atoms with Crippen LogP contribution in [0.15, 0.2) is 65.1 Å². The van der Waals surface area contributed by atoms with E-state index >= 15 is 4.39 Å². The topological polar surface area (TPSA) is 71.8 Å². The van der Waals surface area contributed by atoms with Crippen LogP contribution in [-0.4, -0.2) is 37.1 Å². The van der Waals surface area contributed by atoms with Crippen molar-refractivity contribution in [3.8, 4) is 17.6 Å². The van der Waals surface area contributed by atoms with Crippen LogP contribution in [0, 0.1) is 17.1 Å². The van der Waals surface area contributed by atoms with E-state index in [1.54, 1.807) is 29.2 Å². The number of morpholine rings is 1. The van der Waals surface area contributed by atoms with E-state index in [0.717, 1.165) is 4.47 Å². The van der Waals surface area contributed by atoms with Gasteiger partial charge in [-0.3, -0.25) is 4.79 Å². The molecule has 0 aromatic heterocycles. The maximum absolute atomic E-state index is 15.0. The normalized spacial score (nSPS) is 19.2. The minimum absolute atomic E-state index is 0.0544. The molecule has 166 valence electrons. The average Bonchev–Trinajstić information content (AvgIpc) is 3.25. The van der Waals surface area contributed by atoms with Crippen molar-refractivity contribution >= 4 is 21.8 Å². The highest BCUT2D eigenvalue weighted by Gasteiger charge is 2.48. The molecule has 5 rings (SSSR count). The zero-order chi connectivity index (χ0) is 23.0. The first-order chi connectivity index (χ1) is 16.0. The number of nitrogens with zero attached hydrogens (tertiary/aromatic N) is 2. The fourth-order valence-corrected chi connectivity index (χ4v) is 4.26. The molecule has 3 aromatic rings. The number of benzene rings is 3. The van der Waals surface area contributed by atoms with Gasteiger partial charge in [0.2, 0.25) is 0 Å². The van der Waals surface area contributed by atoms with Crippen LogP contribution in [0.1, 0.15) is 27.0 Å². The molecule has 0 spiro atoms. The SMILES string of the molecule is N#Cc1ccc(C2(c3ccc(Br)cc3)Oc3ccc(F)c(C(=O)N4CCOCC4)c3O2)cc1. The molecule has 1 amide bonds. The van der Waals surface area contributed by atoms with Crippen LogP contribution in [0.2, 0.25) is 0 Å². The summed E-state index contributed by atoms with van der Waals surface area (Å²) < 4.78 is 33.9. The number of nitriles is 1. The highest BCUT2D eigenvalue weighted by atomic mass is 79.9. The van der Waals surface area contributed by atoms with E-state index in [1.165, 1.54) is 12.1 Å². The van der Waals surface area contributed by atoms with E-state index in [9.17, 15) is 10.1 Å². The lowest BCUT2D eigenvalue weighted by Gasteiger charge is -2.29. The van der Waals surface area contributed by atoms with Crippen molar-refractivity contribution in [1.29, 1.82) is 5.26 Å². The largest absolute Gasteiger partial charge is 0.440 e. The van der Waals surface area contributed by atoms with Crippen LogP contribution in [0.5, 0.6) is 11.5 Å². The van der Waals surface area contributed by atoms with E-state index < -0.39 is 17.5 Å². The second-order valence-electron chi connectivity index (χ2n) is 7.67. The second-order valence-corrected chi connectivity index (χ2v) is 8.59. The molecule has 0 bridgehead atoms. The van der Waals surface area contributed by atoms with Crippen LogP contribution in [0.4, 0.5) is 4.39 Å². The number of halogens is 2. The monoisotopic (exact) mass is 508 g/mol. The summed E-state index contributed by atoms with van der Waals surface area (Å²) in [5.74, 6) is -2.28. The number of ether oxygens (including phenoxy) is 3. The Bertz CT molecular complexity index is 1250. The molecular formula is C25H18BrFN2O4. The maximum atomic E-state index is 15.0. The summed E-state index contributed by atoms with van der Waals surface area (Å²) in [5.41, 5.74) is 1.57. The highest BCUT2D eigenvalue weighted by Crippen LogP contribution is 2.50. The van der Waals surface area contributed by atoms with Gasteiger partial charge in [-0.05, 0) is 60.7 Å². The molecule has 3 aromatic carbocycles. The fourth-order valence-electron chi connectivity index (χ4n) is 4.00. The van der Waals surface area contributed by atoms with Crippen molar-refractivity contribution in [2.45, 2.75) is 5.79 Å². The van der Waals surface area contributed by atoms with Gasteiger partial charge in [0.25, 0.3) is 5.91 Å². The van der Waals surface area contributed by atoms with E-state index in [4.69, 9.17) is 14.2 Å². The summed E-state index contributed by atoms with van der Waals surface area (Å²) in [7, 11) is 0. The fraction of sp³-hybridized carbons (Fsp3) is 0.200. The Kier molecular flexibility index (Phi) is 5.52. The minimum atomic E-state index is -1.45. The molecule has 0 N–H and O–H groups in total. The van der Waals surface area contributed by atoms with Gasteiger partial charge >= 0.3 is 5.79 Å². The number of amides is 1. The van der Waals surface area contributed by atoms with Gasteiger partial charge in [0.15, 0.2) is 11.5 Å². The Morgan fingerprint density at radius 2 is 1.61 bits per heavy atom. The van der Waals surface area contributed by atoms with Crippen LogP contribution in [0.25, 0.3) is 0 Å². The Morgan fingerprint density at radius 3 is 2.24 bits per heavy atom. The molecule has 8 heteroatoms. The molecule has 0 aliphatic carbocycles. The molecule has 0 saturated carbocycles. The summed E-state index contributed by atoms with van der Waals surface area (Å²) in [6, 6.07) is 18.9. The van der Waals surface area contributed by atoms with Gasteiger partial charge in [-0.1, -0.05) is 15.9 Å². The van der Waals surface area contributed by atoms with Crippen molar-refractivity contribution in [1.82, 2.24) is 4.90 Å². The maximum Gasteiger partial charge on any atom is 0.305 e. The van der Waals surface area contributed by atoms with Gasteiger partial charge in [-0.15, -0.1) is 0 Å². The van der Waals surface area contributed by atoms with Crippen molar-refractivity contribution in [2.75, 3.05) is 26.3 Å². The third-order valence-corrected chi connectivity index (χ3v) is 6.23. The first-order valence-electron chi connectivity index (χ1n) is 10.4. The minimum Gasteiger partial charge on any atom is -0.440 e. The molecule has 0 radical (unpaired) electrons. The Hall–Kier alpha value is -3.41. The van der Waals surface area contributed by atoms with Crippen molar-refractivity contribution < 1.29 is 23.4 Å². The van der Waals surface area contributed by atoms with Gasteiger partial charge in [0, 0.05) is 28.7 Å². The molecule has 1 saturated heterocycles. The summed E-state index contributed by atoms with van der Waals surface area (Å²) in [6.07, 6.45) is 0. The Morgan fingerprint density at radius 1 is 0.970 bits per heavy atom. The Balaban J connectivity index is 1.63. The lowest BCUT2D eigenvalue weighted by molar-refractivity contribution is -0.0463. The number of fused-ring (bicyclic) bond motifs is 1. The molecule has 6 nitrogen and oxygen atoms in total. The zero-order valence-corrected chi connectivity index (χ0v) is 19.0. The predicted molar refractivity (Wildman–Crippen MR) is 120 cm³/mol. The molecule has 1 fully saturated rings. The molecule has 2 aliphatic heterocycles. The summed E-state index contributed by atoms with van der Waals surface area (Å²) in [6.45, 7) is 1.54. The standard InChI is InChI=1S/C25H18BrFN2O4/c26-19-7-5-18(6-8-19)25(17-3-1-16(15-28)2-4-17)32-21-10-9-20(27)22(23(21)33-25)24(30)29-11-13-31-14-12-29/h1-10H,11-14H2. The van der Waals surface area contributed by atoms with Crippen molar-refractivity contribution in [3.05, 3.63) is 93.2 Å². The molecule has 2 heterocycles. The predicted octanol–water partition coefficient (Wildman–Crippen LogP) is 4.60. The number of hydrogen-bond donors (Lipinski definition) is 0. The average molecular weight is 509 g/mol. The number of rotatable bonds is 3. The van der Waals surface area contributed by atoms with Crippen molar-refractivity contribution in [3.63, 3.8) is 0 Å². The smallest absolute Gasteiger partial charge is 0.305 e. The van der Waals surface area contributed by atoms with Crippen LogP contribution < -0.4 is 9.47 Å². The van der Waals surface area contributed by atoms with Gasteiger partial charge in [0.05, 0.1) is 24.8 Å². The van der Waals surface area contributed by atoms with Crippen molar-refractivity contribution in [2.24, 2.45) is 0 Å². The number of carbonyl (C=O) groups excluding carboxylic acids is 1. The van der Waals surface area contributed by atoms with E-state index in [1.807, 2.05) is 24.3 Å². The lowest BCUT2D eigenvalue weighted by atomic mass is 9.96.